The van der Waals surface area contributed by atoms with Gasteiger partial charge in [0.05, 0.1) is 11.5 Å². The molecule has 7 nitrogen and oxygen atoms in total. The van der Waals surface area contributed by atoms with Crippen LogP contribution in [0.4, 0.5) is 15.9 Å². The van der Waals surface area contributed by atoms with E-state index in [0.717, 1.165) is 0 Å². The van der Waals surface area contributed by atoms with Gasteiger partial charge in [-0.05, 0) is 24.6 Å². The maximum absolute atomic E-state index is 13.2. The molecule has 1 aromatic carbocycles. The maximum atomic E-state index is 13.2. The Balaban J connectivity index is 1.76. The van der Waals surface area contributed by atoms with Gasteiger partial charge in [0, 0.05) is 24.8 Å². The topological polar surface area (TPSA) is 92.3 Å². The van der Waals surface area contributed by atoms with E-state index in [9.17, 15) is 17.6 Å². The summed E-state index contributed by atoms with van der Waals surface area (Å²) in [6.45, 7) is 0. The van der Waals surface area contributed by atoms with E-state index in [4.69, 9.17) is 0 Å². The molecule has 3 rings (SSSR count). The van der Waals surface area contributed by atoms with Crippen molar-refractivity contribution >= 4 is 27.2 Å². The van der Waals surface area contributed by atoms with Gasteiger partial charge in [-0.2, -0.15) is 0 Å². The normalized spacial score (nSPS) is 18.7. The van der Waals surface area contributed by atoms with Crippen molar-refractivity contribution in [2.45, 2.75) is 12.5 Å². The van der Waals surface area contributed by atoms with E-state index >= 15 is 0 Å². The van der Waals surface area contributed by atoms with Gasteiger partial charge in [0.1, 0.15) is 23.7 Å². The average Bonchev–Trinajstić information content (AvgIpc) is 2.94. The number of benzene rings is 1. The van der Waals surface area contributed by atoms with Gasteiger partial charge in [-0.1, -0.05) is 6.07 Å². The van der Waals surface area contributed by atoms with E-state index in [0.29, 0.717) is 17.9 Å². The monoisotopic (exact) mass is 364 g/mol. The van der Waals surface area contributed by atoms with Gasteiger partial charge in [0.2, 0.25) is 0 Å². The lowest BCUT2D eigenvalue weighted by atomic mass is 10.2. The molecule has 1 fully saturated rings. The smallest absolute Gasteiger partial charge is 0.274 e. The average molecular weight is 364 g/mol. The molecule has 9 heteroatoms. The van der Waals surface area contributed by atoms with E-state index in [2.05, 4.69) is 15.3 Å². The number of anilines is 2. The molecular weight excluding hydrogens is 347 g/mol. The number of amides is 1. The second kappa shape index (κ2) is 6.75. The van der Waals surface area contributed by atoms with Crippen LogP contribution in [0, 0.1) is 5.82 Å². The number of hydrogen-bond acceptors (Lipinski definition) is 6. The lowest BCUT2D eigenvalue weighted by molar-refractivity contribution is 0.102. The second-order valence-electron chi connectivity index (χ2n) is 5.89. The van der Waals surface area contributed by atoms with Crippen molar-refractivity contribution in [2.75, 3.05) is 28.8 Å². The van der Waals surface area contributed by atoms with Gasteiger partial charge in [-0.15, -0.1) is 0 Å². The van der Waals surface area contributed by atoms with Crippen LogP contribution in [-0.4, -0.2) is 48.9 Å². The zero-order valence-corrected chi connectivity index (χ0v) is 14.3. The number of nitrogens with one attached hydrogen (secondary N) is 1. The molecule has 0 radical (unpaired) electrons. The van der Waals surface area contributed by atoms with Crippen molar-refractivity contribution < 1.29 is 17.6 Å². The first-order valence-electron chi connectivity index (χ1n) is 7.66. The first-order valence-corrected chi connectivity index (χ1v) is 9.48. The van der Waals surface area contributed by atoms with Gasteiger partial charge in [-0.3, -0.25) is 4.79 Å². The summed E-state index contributed by atoms with van der Waals surface area (Å²) >= 11 is 0. The minimum Gasteiger partial charge on any atom is -0.356 e. The van der Waals surface area contributed by atoms with E-state index in [-0.39, 0.29) is 23.2 Å². The first-order chi connectivity index (χ1) is 11.8. The zero-order chi connectivity index (χ0) is 18.0. The molecule has 25 heavy (non-hydrogen) atoms. The lowest BCUT2D eigenvalue weighted by Crippen LogP contribution is -2.33. The van der Waals surface area contributed by atoms with Gasteiger partial charge >= 0.3 is 0 Å². The van der Waals surface area contributed by atoms with Crippen LogP contribution < -0.4 is 10.2 Å². The molecule has 1 aromatic heterocycles. The summed E-state index contributed by atoms with van der Waals surface area (Å²) < 4.78 is 36.4. The molecule has 1 amide bonds. The van der Waals surface area contributed by atoms with E-state index in [1.54, 1.807) is 18.0 Å². The summed E-state index contributed by atoms with van der Waals surface area (Å²) in [5.41, 5.74) is 0.433. The summed E-state index contributed by atoms with van der Waals surface area (Å²) in [4.78, 5) is 22.1. The van der Waals surface area contributed by atoms with Crippen LogP contribution in [0.15, 0.2) is 36.7 Å². The predicted molar refractivity (Wildman–Crippen MR) is 91.8 cm³/mol. The number of rotatable bonds is 4. The Kier molecular flexibility index (Phi) is 4.67. The third kappa shape index (κ3) is 4.11. The van der Waals surface area contributed by atoms with Gasteiger partial charge in [0.15, 0.2) is 9.84 Å². The Labute approximate surface area is 144 Å². The Morgan fingerprint density at radius 1 is 1.32 bits per heavy atom. The molecule has 1 atom stereocenters. The summed E-state index contributed by atoms with van der Waals surface area (Å²) in [5.74, 6) is -0.273. The molecule has 132 valence electrons. The highest BCUT2D eigenvalue weighted by molar-refractivity contribution is 7.91. The van der Waals surface area contributed by atoms with Crippen LogP contribution in [0.5, 0.6) is 0 Å². The van der Waals surface area contributed by atoms with Crippen molar-refractivity contribution in [2.24, 2.45) is 0 Å². The Bertz CT molecular complexity index is 904. The third-order valence-electron chi connectivity index (χ3n) is 4.09. The maximum Gasteiger partial charge on any atom is 0.274 e. The summed E-state index contributed by atoms with van der Waals surface area (Å²) in [5, 5.41) is 2.56. The molecule has 1 N–H and O–H groups in total. The zero-order valence-electron chi connectivity index (χ0n) is 13.5. The summed E-state index contributed by atoms with van der Waals surface area (Å²) in [6.07, 6.45) is 1.77. The number of hydrogen-bond donors (Lipinski definition) is 1. The van der Waals surface area contributed by atoms with Gasteiger partial charge in [-0.25, -0.2) is 22.8 Å². The Hall–Kier alpha value is -2.55. The van der Waals surface area contributed by atoms with Gasteiger partial charge in [0.25, 0.3) is 5.91 Å². The number of carbonyl (C=O) groups excluding carboxylic acids is 1. The minimum absolute atomic E-state index is 0.0678. The van der Waals surface area contributed by atoms with Crippen molar-refractivity contribution in [1.82, 2.24) is 9.97 Å². The van der Waals surface area contributed by atoms with Crippen LogP contribution in [0.25, 0.3) is 0 Å². The summed E-state index contributed by atoms with van der Waals surface area (Å²) in [6, 6.07) is 6.85. The quantitative estimate of drug-likeness (QED) is 0.884. The SMILES string of the molecule is CN(c1cc(C(=O)Nc2cccc(F)c2)ncn1)C1CCS(=O)(=O)C1. The largest absolute Gasteiger partial charge is 0.356 e. The second-order valence-corrected chi connectivity index (χ2v) is 8.12. The van der Waals surface area contributed by atoms with Crippen LogP contribution in [0.3, 0.4) is 0 Å². The number of aromatic nitrogens is 2. The van der Waals surface area contributed by atoms with Crippen molar-refractivity contribution in [3.63, 3.8) is 0 Å². The highest BCUT2D eigenvalue weighted by Crippen LogP contribution is 2.21. The molecule has 1 aliphatic heterocycles. The molecule has 1 aliphatic rings. The fraction of sp³-hybridized carbons (Fsp3) is 0.312. The Morgan fingerprint density at radius 2 is 2.12 bits per heavy atom. The predicted octanol–water partition coefficient (Wildman–Crippen LogP) is 1.49. The van der Waals surface area contributed by atoms with Crippen molar-refractivity contribution in [3.8, 4) is 0 Å². The molecule has 0 saturated carbocycles. The van der Waals surface area contributed by atoms with Crippen LogP contribution >= 0.6 is 0 Å². The van der Waals surface area contributed by atoms with Crippen LogP contribution in [0.1, 0.15) is 16.9 Å². The molecule has 1 unspecified atom stereocenters. The fourth-order valence-corrected chi connectivity index (χ4v) is 4.47. The minimum atomic E-state index is -3.02. The number of halogens is 1. The summed E-state index contributed by atoms with van der Waals surface area (Å²) in [7, 11) is -1.28. The molecule has 1 saturated heterocycles. The van der Waals surface area contributed by atoms with Crippen molar-refractivity contribution in [3.05, 3.63) is 48.2 Å². The van der Waals surface area contributed by atoms with Crippen molar-refractivity contribution in [1.29, 1.82) is 0 Å². The molecule has 0 bridgehead atoms. The van der Waals surface area contributed by atoms with Crippen LogP contribution in [0.2, 0.25) is 0 Å². The van der Waals surface area contributed by atoms with E-state index in [1.807, 2.05) is 0 Å². The van der Waals surface area contributed by atoms with Crippen LogP contribution in [-0.2, 0) is 9.84 Å². The molecule has 0 spiro atoms. The highest BCUT2D eigenvalue weighted by Gasteiger charge is 2.31. The molecule has 0 aliphatic carbocycles. The highest BCUT2D eigenvalue weighted by atomic mass is 32.2. The van der Waals surface area contributed by atoms with E-state index < -0.39 is 21.6 Å². The number of sulfone groups is 1. The van der Waals surface area contributed by atoms with Gasteiger partial charge < -0.3 is 10.2 Å². The third-order valence-corrected chi connectivity index (χ3v) is 5.84. The first kappa shape index (κ1) is 17.3. The molecule has 2 heterocycles. The molecular formula is C16H17FN4O3S. The standard InChI is InChI=1S/C16H17FN4O3S/c1-21(13-5-6-25(23,24)9-13)15-8-14(18-10-19-15)16(22)20-12-4-2-3-11(17)7-12/h2-4,7-8,10,13H,5-6,9H2,1H3,(H,20,22). The number of carbonyl (C=O) groups is 1. The van der Waals surface area contributed by atoms with E-state index in [1.165, 1.54) is 30.6 Å². The lowest BCUT2D eigenvalue weighted by Gasteiger charge is -2.24. The Morgan fingerprint density at radius 3 is 2.80 bits per heavy atom. The fourth-order valence-electron chi connectivity index (χ4n) is 2.69. The molecule has 2 aromatic rings. The number of nitrogens with zero attached hydrogens (tertiary/aromatic N) is 3.